The van der Waals surface area contributed by atoms with Crippen molar-refractivity contribution in [2.24, 2.45) is 11.8 Å². The fourth-order valence-electron chi connectivity index (χ4n) is 4.37. The predicted molar refractivity (Wildman–Crippen MR) is 121 cm³/mol. The number of nitrogens with one attached hydrogen (secondary N) is 1. The number of hydrogen-bond donors (Lipinski definition) is 1. The van der Waals surface area contributed by atoms with Gasteiger partial charge in [0.25, 0.3) is 5.91 Å². The van der Waals surface area contributed by atoms with Crippen molar-refractivity contribution in [1.82, 2.24) is 0 Å². The lowest BCUT2D eigenvalue weighted by atomic mass is 9.81. The number of benzene rings is 2. The summed E-state index contributed by atoms with van der Waals surface area (Å²) in [7, 11) is 1.46. The number of halogens is 1. The molecule has 0 bridgehead atoms. The molecule has 8 nitrogen and oxygen atoms in total. The summed E-state index contributed by atoms with van der Waals surface area (Å²) < 4.78 is 10.3. The summed E-state index contributed by atoms with van der Waals surface area (Å²) in [6.07, 6.45) is 3.28. The van der Waals surface area contributed by atoms with Crippen molar-refractivity contribution in [2.75, 3.05) is 23.9 Å². The predicted octanol–water partition coefficient (Wildman–Crippen LogP) is 3.82. The highest BCUT2D eigenvalue weighted by Crippen LogP contribution is 2.40. The van der Waals surface area contributed by atoms with Gasteiger partial charge in [0.15, 0.2) is 6.61 Å². The summed E-state index contributed by atoms with van der Waals surface area (Å²) in [4.78, 5) is 51.6. The first kappa shape index (κ1) is 22.8. The first-order valence-electron chi connectivity index (χ1n) is 10.7. The average Bonchev–Trinajstić information content (AvgIpc) is 3.08. The molecule has 2 aliphatic rings. The molecule has 2 aromatic rings. The van der Waals surface area contributed by atoms with E-state index in [9.17, 15) is 19.2 Å². The van der Waals surface area contributed by atoms with Crippen LogP contribution in [0, 0.1) is 11.8 Å². The smallest absolute Gasteiger partial charge is 0.338 e. The lowest BCUT2D eigenvalue weighted by Crippen LogP contribution is -2.31. The molecule has 1 aliphatic heterocycles. The van der Waals surface area contributed by atoms with E-state index in [0.29, 0.717) is 35.0 Å². The molecule has 9 heteroatoms. The molecule has 1 saturated heterocycles. The number of amides is 3. The zero-order valence-electron chi connectivity index (χ0n) is 18.0. The van der Waals surface area contributed by atoms with Crippen LogP contribution in [0.1, 0.15) is 36.0 Å². The molecule has 0 unspecified atom stereocenters. The first-order chi connectivity index (χ1) is 15.9. The molecule has 33 heavy (non-hydrogen) atoms. The Balaban J connectivity index is 1.41. The molecular formula is C24H23ClN2O6. The maximum Gasteiger partial charge on any atom is 0.338 e. The molecule has 1 saturated carbocycles. The number of esters is 1. The Morgan fingerprint density at radius 3 is 2.42 bits per heavy atom. The second-order valence-electron chi connectivity index (χ2n) is 8.03. The van der Waals surface area contributed by atoms with Crippen LogP contribution < -0.4 is 15.0 Å². The minimum atomic E-state index is -0.749. The van der Waals surface area contributed by atoms with E-state index < -0.39 is 18.5 Å². The van der Waals surface area contributed by atoms with E-state index in [1.807, 2.05) is 0 Å². The maximum atomic E-state index is 12.8. The molecule has 1 heterocycles. The minimum Gasteiger partial charge on any atom is -0.495 e. The molecule has 0 spiro atoms. The van der Waals surface area contributed by atoms with Gasteiger partial charge in [0, 0.05) is 5.02 Å². The van der Waals surface area contributed by atoms with Crippen molar-refractivity contribution in [3.63, 3.8) is 0 Å². The largest absolute Gasteiger partial charge is 0.495 e. The summed E-state index contributed by atoms with van der Waals surface area (Å²) in [5, 5.41) is 2.99. The number of hydrogen-bond acceptors (Lipinski definition) is 6. The highest BCUT2D eigenvalue weighted by Gasteiger charge is 2.48. The van der Waals surface area contributed by atoms with Crippen LogP contribution in [0.3, 0.4) is 0 Å². The number of carbonyl (C=O) groups excluding carboxylic acids is 4. The minimum absolute atomic E-state index is 0.135. The van der Waals surface area contributed by atoms with Crippen molar-refractivity contribution < 1.29 is 28.7 Å². The Labute approximate surface area is 195 Å². The van der Waals surface area contributed by atoms with Gasteiger partial charge in [0.2, 0.25) is 11.8 Å². The van der Waals surface area contributed by atoms with Gasteiger partial charge < -0.3 is 14.8 Å². The SMILES string of the molecule is COc1ccc(Cl)cc1NC(=O)COC(=O)c1cccc(N2C(=O)[C@H]3CCCC[C@@H]3C2=O)c1. The fourth-order valence-corrected chi connectivity index (χ4v) is 4.54. The van der Waals surface area contributed by atoms with E-state index >= 15 is 0 Å². The molecule has 2 atom stereocenters. The number of nitrogens with zero attached hydrogens (tertiary/aromatic N) is 1. The van der Waals surface area contributed by atoms with E-state index in [1.54, 1.807) is 24.3 Å². The van der Waals surface area contributed by atoms with E-state index in [1.165, 1.54) is 30.2 Å². The van der Waals surface area contributed by atoms with Crippen LogP contribution in [0.4, 0.5) is 11.4 Å². The second kappa shape index (κ2) is 9.62. The van der Waals surface area contributed by atoms with Crippen LogP contribution in [0.5, 0.6) is 5.75 Å². The molecule has 2 fully saturated rings. The Hall–Kier alpha value is -3.39. The summed E-state index contributed by atoms with van der Waals surface area (Å²) >= 11 is 5.95. The average molecular weight is 471 g/mol. The Bertz CT molecular complexity index is 1090. The monoisotopic (exact) mass is 470 g/mol. The van der Waals surface area contributed by atoms with Crippen LogP contribution in [-0.2, 0) is 19.1 Å². The first-order valence-corrected chi connectivity index (χ1v) is 11.0. The molecule has 0 aromatic heterocycles. The third-order valence-corrected chi connectivity index (χ3v) is 6.19. The maximum absolute atomic E-state index is 12.8. The van der Waals surface area contributed by atoms with Gasteiger partial charge in [-0.1, -0.05) is 30.5 Å². The topological polar surface area (TPSA) is 102 Å². The van der Waals surface area contributed by atoms with Gasteiger partial charge in [-0.2, -0.15) is 0 Å². The molecule has 3 amide bonds. The number of carbonyl (C=O) groups is 4. The lowest BCUT2D eigenvalue weighted by Gasteiger charge is -2.19. The number of anilines is 2. The third-order valence-electron chi connectivity index (χ3n) is 5.95. The van der Waals surface area contributed by atoms with Gasteiger partial charge >= 0.3 is 5.97 Å². The van der Waals surface area contributed by atoms with Crippen molar-refractivity contribution >= 4 is 46.7 Å². The van der Waals surface area contributed by atoms with Gasteiger partial charge in [0.05, 0.1) is 35.9 Å². The van der Waals surface area contributed by atoms with Crippen molar-refractivity contribution in [3.05, 3.63) is 53.1 Å². The number of fused-ring (bicyclic) bond motifs is 1. The number of rotatable bonds is 6. The molecule has 4 rings (SSSR count). The van der Waals surface area contributed by atoms with Crippen LogP contribution in [0.2, 0.25) is 5.02 Å². The van der Waals surface area contributed by atoms with Crippen molar-refractivity contribution in [2.45, 2.75) is 25.7 Å². The summed E-state index contributed by atoms with van der Waals surface area (Å²) in [5.74, 6) is -1.92. The van der Waals surface area contributed by atoms with Crippen LogP contribution >= 0.6 is 11.6 Å². The number of imide groups is 1. The van der Waals surface area contributed by atoms with Gasteiger partial charge in [-0.25, -0.2) is 4.79 Å². The van der Waals surface area contributed by atoms with Gasteiger partial charge in [0.1, 0.15) is 5.75 Å². The standard InChI is InChI=1S/C24H23ClN2O6/c1-32-20-10-9-15(25)12-19(20)26-21(28)13-33-24(31)14-5-4-6-16(11-14)27-22(29)17-7-2-3-8-18(17)23(27)30/h4-6,9-12,17-18H,2-3,7-8,13H2,1H3,(H,26,28)/t17-,18-/m0/s1. The van der Waals surface area contributed by atoms with Gasteiger partial charge in [-0.3, -0.25) is 19.3 Å². The molecular weight excluding hydrogens is 448 g/mol. The van der Waals surface area contributed by atoms with Gasteiger partial charge in [-0.15, -0.1) is 0 Å². The molecule has 172 valence electrons. The van der Waals surface area contributed by atoms with Crippen LogP contribution in [0.15, 0.2) is 42.5 Å². The van der Waals surface area contributed by atoms with Gasteiger partial charge in [-0.05, 0) is 49.2 Å². The van der Waals surface area contributed by atoms with Crippen molar-refractivity contribution in [1.29, 1.82) is 0 Å². The fraction of sp³-hybridized carbons (Fsp3) is 0.333. The third kappa shape index (κ3) is 4.71. The zero-order chi connectivity index (χ0) is 23.5. The Morgan fingerprint density at radius 1 is 1.06 bits per heavy atom. The number of ether oxygens (including phenoxy) is 2. The molecule has 2 aromatic carbocycles. The molecule has 1 aliphatic carbocycles. The number of methoxy groups -OCH3 is 1. The van der Waals surface area contributed by atoms with Crippen LogP contribution in [0.25, 0.3) is 0 Å². The van der Waals surface area contributed by atoms with E-state index in [4.69, 9.17) is 21.1 Å². The second-order valence-corrected chi connectivity index (χ2v) is 8.47. The highest BCUT2D eigenvalue weighted by molar-refractivity contribution is 6.31. The Kier molecular flexibility index (Phi) is 6.65. The molecule has 0 radical (unpaired) electrons. The zero-order valence-corrected chi connectivity index (χ0v) is 18.8. The quantitative estimate of drug-likeness (QED) is 0.508. The van der Waals surface area contributed by atoms with E-state index in [2.05, 4.69) is 5.32 Å². The summed E-state index contributed by atoms with van der Waals surface area (Å²) in [5.41, 5.74) is 0.818. The van der Waals surface area contributed by atoms with E-state index in [-0.39, 0.29) is 29.2 Å². The van der Waals surface area contributed by atoms with Crippen LogP contribution in [-0.4, -0.2) is 37.4 Å². The summed E-state index contributed by atoms with van der Waals surface area (Å²) in [6, 6.07) is 10.9. The Morgan fingerprint density at radius 2 is 1.76 bits per heavy atom. The lowest BCUT2D eigenvalue weighted by molar-refractivity contribution is -0.122. The normalized spacial score (nSPS) is 19.8. The van der Waals surface area contributed by atoms with Crippen molar-refractivity contribution in [3.8, 4) is 5.75 Å². The summed E-state index contributed by atoms with van der Waals surface area (Å²) in [6.45, 7) is -0.537. The highest BCUT2D eigenvalue weighted by atomic mass is 35.5. The van der Waals surface area contributed by atoms with E-state index in [0.717, 1.165) is 12.8 Å². The molecule has 1 N–H and O–H groups in total.